The van der Waals surface area contributed by atoms with Crippen LogP contribution < -0.4 is 5.32 Å². The summed E-state index contributed by atoms with van der Waals surface area (Å²) in [4.78, 5) is 25.3. The second-order valence-electron chi connectivity index (χ2n) is 4.58. The fraction of sp³-hybridized carbons (Fsp3) is 0.385. The zero-order valence-corrected chi connectivity index (χ0v) is 11.1. The number of carbonyl (C=O) groups is 1. The standard InChI is InChI=1S/C13H15N5O2/c1-2-9-5-11(20-17-9)13(19)16-7-10-6-15-12-8-14-3-4-18(10)12/h3-4,6,8,11H,2,5,7H2,1H3,(H,16,19). The monoisotopic (exact) mass is 273 g/mol. The van der Waals surface area contributed by atoms with Gasteiger partial charge in [0.2, 0.25) is 6.10 Å². The highest BCUT2D eigenvalue weighted by Gasteiger charge is 2.27. The van der Waals surface area contributed by atoms with Crippen LogP contribution in [0.4, 0.5) is 0 Å². The van der Waals surface area contributed by atoms with Gasteiger partial charge in [-0.2, -0.15) is 0 Å². The third-order valence-electron chi connectivity index (χ3n) is 3.27. The lowest BCUT2D eigenvalue weighted by molar-refractivity contribution is -0.131. The number of carbonyl (C=O) groups excluding carboxylic acids is 1. The third kappa shape index (κ3) is 2.34. The van der Waals surface area contributed by atoms with Gasteiger partial charge in [0.05, 0.1) is 30.3 Å². The van der Waals surface area contributed by atoms with Crippen molar-refractivity contribution in [3.63, 3.8) is 0 Å². The third-order valence-corrected chi connectivity index (χ3v) is 3.27. The van der Waals surface area contributed by atoms with Gasteiger partial charge >= 0.3 is 0 Å². The van der Waals surface area contributed by atoms with E-state index in [1.807, 2.05) is 17.5 Å². The van der Waals surface area contributed by atoms with Crippen LogP contribution in [0.25, 0.3) is 5.65 Å². The fourth-order valence-corrected chi connectivity index (χ4v) is 2.09. The van der Waals surface area contributed by atoms with Crippen LogP contribution in [0.15, 0.2) is 29.9 Å². The van der Waals surface area contributed by atoms with E-state index in [4.69, 9.17) is 4.84 Å². The van der Waals surface area contributed by atoms with Gasteiger partial charge in [0.25, 0.3) is 5.91 Å². The van der Waals surface area contributed by atoms with E-state index in [0.717, 1.165) is 23.5 Å². The van der Waals surface area contributed by atoms with Crippen molar-refractivity contribution in [3.8, 4) is 0 Å². The Hall–Kier alpha value is -2.44. The van der Waals surface area contributed by atoms with Crippen molar-refractivity contribution in [1.82, 2.24) is 19.7 Å². The van der Waals surface area contributed by atoms with Crippen molar-refractivity contribution in [1.29, 1.82) is 0 Å². The molecule has 0 saturated heterocycles. The summed E-state index contributed by atoms with van der Waals surface area (Å²) < 4.78 is 1.89. The first kappa shape index (κ1) is 12.6. The van der Waals surface area contributed by atoms with Crippen LogP contribution in [0.2, 0.25) is 0 Å². The SMILES string of the molecule is CCC1=NOC(C(=O)NCc2cnc3cnccn23)C1. The van der Waals surface area contributed by atoms with E-state index in [1.54, 1.807) is 18.6 Å². The van der Waals surface area contributed by atoms with E-state index in [1.165, 1.54) is 0 Å². The van der Waals surface area contributed by atoms with E-state index < -0.39 is 6.10 Å². The summed E-state index contributed by atoms with van der Waals surface area (Å²) in [7, 11) is 0. The maximum absolute atomic E-state index is 12.0. The summed E-state index contributed by atoms with van der Waals surface area (Å²) in [6.07, 6.45) is 7.76. The van der Waals surface area contributed by atoms with Gasteiger partial charge in [-0.15, -0.1) is 0 Å². The Morgan fingerprint density at radius 2 is 2.45 bits per heavy atom. The first-order valence-corrected chi connectivity index (χ1v) is 6.53. The van der Waals surface area contributed by atoms with Crippen LogP contribution in [-0.4, -0.2) is 32.1 Å². The number of hydrogen-bond acceptors (Lipinski definition) is 5. The number of nitrogens with one attached hydrogen (secondary N) is 1. The molecule has 1 atom stereocenters. The molecule has 3 heterocycles. The maximum Gasteiger partial charge on any atom is 0.264 e. The van der Waals surface area contributed by atoms with Gasteiger partial charge in [0.1, 0.15) is 0 Å². The zero-order chi connectivity index (χ0) is 13.9. The quantitative estimate of drug-likeness (QED) is 0.897. The summed E-state index contributed by atoms with van der Waals surface area (Å²) in [5.74, 6) is -0.152. The minimum atomic E-state index is -0.509. The molecule has 0 fully saturated rings. The molecule has 1 N–H and O–H groups in total. The van der Waals surface area contributed by atoms with E-state index in [2.05, 4.69) is 20.4 Å². The molecule has 1 unspecified atom stereocenters. The lowest BCUT2D eigenvalue weighted by Gasteiger charge is -2.09. The minimum absolute atomic E-state index is 0.152. The first-order valence-electron chi connectivity index (χ1n) is 6.53. The maximum atomic E-state index is 12.0. The zero-order valence-electron chi connectivity index (χ0n) is 11.1. The van der Waals surface area contributed by atoms with Crippen LogP contribution in [0.3, 0.4) is 0 Å². The normalized spacial score (nSPS) is 17.9. The van der Waals surface area contributed by atoms with E-state index in [0.29, 0.717) is 13.0 Å². The molecule has 0 aliphatic carbocycles. The summed E-state index contributed by atoms with van der Waals surface area (Å²) in [6, 6.07) is 0. The van der Waals surface area contributed by atoms with Gasteiger partial charge in [-0.05, 0) is 6.42 Å². The fourth-order valence-electron chi connectivity index (χ4n) is 2.09. The molecule has 0 saturated carbocycles. The Labute approximate surface area is 115 Å². The highest BCUT2D eigenvalue weighted by molar-refractivity contribution is 5.92. The van der Waals surface area contributed by atoms with Crippen LogP contribution in [0, 0.1) is 0 Å². The molecular weight excluding hydrogens is 258 g/mol. The molecule has 0 aromatic carbocycles. The van der Waals surface area contributed by atoms with Crippen molar-refractivity contribution >= 4 is 17.3 Å². The highest BCUT2D eigenvalue weighted by Crippen LogP contribution is 2.13. The van der Waals surface area contributed by atoms with Crippen LogP contribution in [0.5, 0.6) is 0 Å². The Kier molecular flexibility index (Phi) is 3.32. The molecule has 1 aliphatic rings. The number of nitrogens with zero attached hydrogens (tertiary/aromatic N) is 4. The van der Waals surface area contributed by atoms with Gasteiger partial charge in [-0.3, -0.25) is 14.2 Å². The molecule has 104 valence electrons. The molecular formula is C13H15N5O2. The Balaban J connectivity index is 1.61. The molecule has 1 aliphatic heterocycles. The van der Waals surface area contributed by atoms with E-state index >= 15 is 0 Å². The summed E-state index contributed by atoms with van der Waals surface area (Å²) >= 11 is 0. The van der Waals surface area contributed by atoms with Gasteiger partial charge in [-0.25, -0.2) is 4.98 Å². The molecule has 1 amide bonds. The van der Waals surface area contributed by atoms with Gasteiger partial charge in [0, 0.05) is 18.8 Å². The van der Waals surface area contributed by atoms with Gasteiger partial charge in [-0.1, -0.05) is 12.1 Å². The molecule has 7 nitrogen and oxygen atoms in total. The van der Waals surface area contributed by atoms with Crippen molar-refractivity contribution < 1.29 is 9.63 Å². The summed E-state index contributed by atoms with van der Waals surface area (Å²) in [5, 5.41) is 6.73. The highest BCUT2D eigenvalue weighted by atomic mass is 16.6. The molecule has 0 spiro atoms. The number of hydrogen-bond donors (Lipinski definition) is 1. The Morgan fingerprint density at radius 3 is 3.25 bits per heavy atom. The Morgan fingerprint density at radius 1 is 1.55 bits per heavy atom. The molecule has 0 radical (unpaired) electrons. The van der Waals surface area contributed by atoms with Crippen LogP contribution in [-0.2, 0) is 16.2 Å². The van der Waals surface area contributed by atoms with Crippen molar-refractivity contribution in [2.45, 2.75) is 32.4 Å². The van der Waals surface area contributed by atoms with Crippen molar-refractivity contribution in [2.75, 3.05) is 0 Å². The lowest BCUT2D eigenvalue weighted by atomic mass is 10.1. The topological polar surface area (TPSA) is 80.9 Å². The van der Waals surface area contributed by atoms with Crippen molar-refractivity contribution in [2.24, 2.45) is 5.16 Å². The van der Waals surface area contributed by atoms with E-state index in [9.17, 15) is 4.79 Å². The molecule has 2 aromatic heterocycles. The van der Waals surface area contributed by atoms with Crippen molar-refractivity contribution in [3.05, 3.63) is 30.5 Å². The van der Waals surface area contributed by atoms with Gasteiger partial charge in [0.15, 0.2) is 5.65 Å². The second kappa shape index (κ2) is 5.28. The summed E-state index contributed by atoms with van der Waals surface area (Å²) in [6.45, 7) is 2.39. The molecule has 0 bridgehead atoms. The number of fused-ring (bicyclic) bond motifs is 1. The second-order valence-corrected chi connectivity index (χ2v) is 4.58. The average Bonchev–Trinajstić information content (AvgIpc) is 3.11. The van der Waals surface area contributed by atoms with E-state index in [-0.39, 0.29) is 5.91 Å². The Bertz CT molecular complexity index is 664. The number of aromatic nitrogens is 3. The van der Waals surface area contributed by atoms with Gasteiger partial charge < -0.3 is 10.2 Å². The predicted octanol–water partition coefficient (Wildman–Crippen LogP) is 0.900. The molecule has 3 rings (SSSR count). The van der Waals surface area contributed by atoms with Crippen LogP contribution >= 0.6 is 0 Å². The van der Waals surface area contributed by atoms with Crippen LogP contribution in [0.1, 0.15) is 25.5 Å². The summed E-state index contributed by atoms with van der Waals surface area (Å²) in [5.41, 5.74) is 2.57. The number of imidazole rings is 1. The predicted molar refractivity (Wildman–Crippen MR) is 72.0 cm³/mol. The minimum Gasteiger partial charge on any atom is -0.382 e. The average molecular weight is 273 g/mol. The molecule has 20 heavy (non-hydrogen) atoms. The molecule has 2 aromatic rings. The lowest BCUT2D eigenvalue weighted by Crippen LogP contribution is -2.34. The number of oxime groups is 1. The largest absolute Gasteiger partial charge is 0.382 e. The first-order chi connectivity index (χ1) is 9.78. The number of rotatable bonds is 4. The smallest absolute Gasteiger partial charge is 0.264 e. The molecule has 7 heteroatoms. The number of amides is 1.